The summed E-state index contributed by atoms with van der Waals surface area (Å²) in [5, 5.41) is 0. The molecule has 0 heterocycles. The molecule has 0 saturated carbocycles. The molecule has 0 aliphatic carbocycles. The molecule has 0 aliphatic rings. The molecule has 0 amide bonds. The molecule has 0 aliphatic heterocycles. The van der Waals surface area contributed by atoms with Gasteiger partial charge in [-0.2, -0.15) is 0 Å². The van der Waals surface area contributed by atoms with Crippen molar-refractivity contribution >= 4 is 5.69 Å². The van der Waals surface area contributed by atoms with Crippen LogP contribution in [0.25, 0.3) is 0 Å². The molecule has 0 unspecified atom stereocenters. The van der Waals surface area contributed by atoms with Crippen LogP contribution in [-0.2, 0) is 12.0 Å². The maximum atomic E-state index is 5.90. The van der Waals surface area contributed by atoms with Crippen LogP contribution in [0, 0.1) is 0 Å². The highest BCUT2D eigenvalue weighted by Gasteiger charge is 2.17. The van der Waals surface area contributed by atoms with Crippen LogP contribution < -0.4 is 10.5 Å². The Morgan fingerprint density at radius 2 is 1.65 bits per heavy atom. The van der Waals surface area contributed by atoms with Crippen LogP contribution in [0.5, 0.6) is 5.75 Å². The largest absolute Gasteiger partial charge is 0.489 e. The van der Waals surface area contributed by atoms with Gasteiger partial charge in [0.15, 0.2) is 0 Å². The molecular formula is C18H23NO. The zero-order valence-corrected chi connectivity index (χ0v) is 12.5. The fourth-order valence-corrected chi connectivity index (χ4v) is 2.03. The Balaban J connectivity index is 2.03. The van der Waals surface area contributed by atoms with Crippen molar-refractivity contribution in [3.8, 4) is 5.75 Å². The number of nitrogens with two attached hydrogens (primary N) is 1. The van der Waals surface area contributed by atoms with Crippen molar-refractivity contribution < 1.29 is 4.74 Å². The third kappa shape index (κ3) is 3.32. The summed E-state index contributed by atoms with van der Waals surface area (Å²) in [5.74, 6) is 0.879. The Morgan fingerprint density at radius 1 is 1.00 bits per heavy atom. The number of ether oxygens (including phenoxy) is 1. The number of para-hydroxylation sites is 1. The van der Waals surface area contributed by atoms with Crippen LogP contribution in [0.4, 0.5) is 5.69 Å². The SMILES string of the molecule is CCC(C)(C)c1ccc(OCc2ccccc2N)cc1. The fourth-order valence-electron chi connectivity index (χ4n) is 2.03. The van der Waals surface area contributed by atoms with E-state index in [1.165, 1.54) is 5.56 Å². The molecule has 0 fully saturated rings. The number of hydrogen-bond acceptors (Lipinski definition) is 2. The molecule has 0 saturated heterocycles. The van der Waals surface area contributed by atoms with Crippen LogP contribution in [0.2, 0.25) is 0 Å². The second kappa shape index (κ2) is 6.00. The van der Waals surface area contributed by atoms with Crippen LogP contribution in [-0.4, -0.2) is 0 Å². The smallest absolute Gasteiger partial charge is 0.119 e. The Hall–Kier alpha value is -1.96. The third-order valence-corrected chi connectivity index (χ3v) is 3.97. The maximum Gasteiger partial charge on any atom is 0.119 e. The van der Waals surface area contributed by atoms with Gasteiger partial charge < -0.3 is 10.5 Å². The first kappa shape index (κ1) is 14.4. The van der Waals surface area contributed by atoms with Crippen LogP contribution >= 0.6 is 0 Å². The van der Waals surface area contributed by atoms with E-state index in [9.17, 15) is 0 Å². The summed E-state index contributed by atoms with van der Waals surface area (Å²) in [6, 6.07) is 16.1. The summed E-state index contributed by atoms with van der Waals surface area (Å²) in [6.45, 7) is 7.23. The summed E-state index contributed by atoms with van der Waals surface area (Å²) in [6.07, 6.45) is 1.12. The second-order valence-corrected chi connectivity index (χ2v) is 5.75. The summed E-state index contributed by atoms with van der Waals surface area (Å²) < 4.78 is 5.79. The number of benzene rings is 2. The van der Waals surface area contributed by atoms with E-state index in [2.05, 4.69) is 32.9 Å². The maximum absolute atomic E-state index is 5.90. The van der Waals surface area contributed by atoms with Crippen molar-refractivity contribution in [3.05, 3.63) is 59.7 Å². The lowest BCUT2D eigenvalue weighted by atomic mass is 9.82. The first-order valence-corrected chi connectivity index (χ1v) is 7.09. The number of rotatable bonds is 5. The second-order valence-electron chi connectivity index (χ2n) is 5.75. The van der Waals surface area contributed by atoms with Crippen molar-refractivity contribution in [1.29, 1.82) is 0 Å². The van der Waals surface area contributed by atoms with Gasteiger partial charge in [-0.1, -0.05) is 51.1 Å². The fraction of sp³-hybridized carbons (Fsp3) is 0.333. The Morgan fingerprint density at radius 3 is 2.25 bits per heavy atom. The zero-order valence-electron chi connectivity index (χ0n) is 12.5. The first-order chi connectivity index (χ1) is 9.53. The molecule has 2 heteroatoms. The third-order valence-electron chi connectivity index (χ3n) is 3.97. The van der Waals surface area contributed by atoms with Gasteiger partial charge in [0, 0.05) is 11.3 Å². The van der Waals surface area contributed by atoms with Gasteiger partial charge in [0.25, 0.3) is 0 Å². The number of hydrogen-bond donors (Lipinski definition) is 1. The van der Waals surface area contributed by atoms with Gasteiger partial charge >= 0.3 is 0 Å². The molecule has 2 N–H and O–H groups in total. The minimum Gasteiger partial charge on any atom is -0.489 e. The van der Waals surface area contributed by atoms with Gasteiger partial charge in [-0.25, -0.2) is 0 Å². The highest BCUT2D eigenvalue weighted by molar-refractivity contribution is 5.46. The molecule has 20 heavy (non-hydrogen) atoms. The van der Waals surface area contributed by atoms with E-state index >= 15 is 0 Å². The van der Waals surface area contributed by atoms with Crippen LogP contribution in [0.1, 0.15) is 38.3 Å². The highest BCUT2D eigenvalue weighted by Crippen LogP contribution is 2.28. The van der Waals surface area contributed by atoms with Crippen molar-refractivity contribution in [2.24, 2.45) is 0 Å². The average Bonchev–Trinajstić information content (AvgIpc) is 2.47. The Bertz CT molecular complexity index is 558. The van der Waals surface area contributed by atoms with E-state index < -0.39 is 0 Å². The highest BCUT2D eigenvalue weighted by atomic mass is 16.5. The standard InChI is InChI=1S/C18H23NO/c1-4-18(2,3)15-9-11-16(12-10-15)20-13-14-7-5-6-8-17(14)19/h5-12H,4,13,19H2,1-3H3. The first-order valence-electron chi connectivity index (χ1n) is 7.09. The van der Waals surface area contributed by atoms with Crippen molar-refractivity contribution in [2.75, 3.05) is 5.73 Å². The van der Waals surface area contributed by atoms with Crippen LogP contribution in [0.3, 0.4) is 0 Å². The molecular weight excluding hydrogens is 246 g/mol. The molecule has 0 atom stereocenters. The summed E-state index contributed by atoms with van der Waals surface area (Å²) in [4.78, 5) is 0. The molecule has 0 radical (unpaired) electrons. The minimum absolute atomic E-state index is 0.211. The van der Waals surface area contributed by atoms with Gasteiger partial charge in [0.1, 0.15) is 12.4 Å². The Kier molecular flexibility index (Phi) is 4.33. The molecule has 2 rings (SSSR count). The Labute approximate surface area is 121 Å². The van der Waals surface area contributed by atoms with E-state index in [0.717, 1.165) is 23.4 Å². The molecule has 106 valence electrons. The predicted molar refractivity (Wildman–Crippen MR) is 84.9 cm³/mol. The lowest BCUT2D eigenvalue weighted by molar-refractivity contribution is 0.306. The number of nitrogen functional groups attached to an aromatic ring is 1. The molecule has 0 bridgehead atoms. The van der Waals surface area contributed by atoms with E-state index in [1.54, 1.807) is 0 Å². The molecule has 2 aromatic carbocycles. The normalized spacial score (nSPS) is 11.3. The van der Waals surface area contributed by atoms with Crippen molar-refractivity contribution in [2.45, 2.75) is 39.2 Å². The quantitative estimate of drug-likeness (QED) is 0.809. The summed E-state index contributed by atoms with van der Waals surface area (Å²) in [5.41, 5.74) is 9.25. The van der Waals surface area contributed by atoms with E-state index in [-0.39, 0.29) is 5.41 Å². The van der Waals surface area contributed by atoms with Crippen molar-refractivity contribution in [1.82, 2.24) is 0 Å². The number of anilines is 1. The van der Waals surface area contributed by atoms with Gasteiger partial charge in [0.05, 0.1) is 0 Å². The van der Waals surface area contributed by atoms with Gasteiger partial charge in [-0.3, -0.25) is 0 Å². The van der Waals surface area contributed by atoms with E-state index in [1.807, 2.05) is 36.4 Å². The monoisotopic (exact) mass is 269 g/mol. The lowest BCUT2D eigenvalue weighted by Crippen LogP contribution is -2.15. The average molecular weight is 269 g/mol. The molecule has 0 aromatic heterocycles. The van der Waals surface area contributed by atoms with Gasteiger partial charge in [-0.05, 0) is 35.6 Å². The topological polar surface area (TPSA) is 35.2 Å². The van der Waals surface area contributed by atoms with E-state index in [4.69, 9.17) is 10.5 Å². The minimum atomic E-state index is 0.211. The molecule has 2 nitrogen and oxygen atoms in total. The van der Waals surface area contributed by atoms with Gasteiger partial charge in [0.2, 0.25) is 0 Å². The summed E-state index contributed by atoms with van der Waals surface area (Å²) >= 11 is 0. The van der Waals surface area contributed by atoms with Crippen LogP contribution in [0.15, 0.2) is 48.5 Å². The lowest BCUT2D eigenvalue weighted by Gasteiger charge is -2.23. The van der Waals surface area contributed by atoms with E-state index in [0.29, 0.717) is 6.61 Å². The molecule has 0 spiro atoms. The van der Waals surface area contributed by atoms with Gasteiger partial charge in [-0.15, -0.1) is 0 Å². The van der Waals surface area contributed by atoms with Crippen molar-refractivity contribution in [3.63, 3.8) is 0 Å². The summed E-state index contributed by atoms with van der Waals surface area (Å²) in [7, 11) is 0. The predicted octanol–water partition coefficient (Wildman–Crippen LogP) is 4.54. The molecule has 2 aromatic rings. The zero-order chi connectivity index (χ0) is 14.6.